The van der Waals surface area contributed by atoms with Crippen LogP contribution >= 0.6 is 12.2 Å². The summed E-state index contributed by atoms with van der Waals surface area (Å²) in [6, 6.07) is 6.46. The smallest absolute Gasteiger partial charge is 0.235 e. The number of hydrazine groups is 1. The highest BCUT2D eigenvalue weighted by atomic mass is 32.1. The van der Waals surface area contributed by atoms with E-state index in [0.717, 1.165) is 0 Å². The molecule has 0 bridgehead atoms. The van der Waals surface area contributed by atoms with Gasteiger partial charge in [0.1, 0.15) is 10.7 Å². The molecule has 0 saturated carbocycles. The van der Waals surface area contributed by atoms with Crippen molar-refractivity contribution in [2.24, 2.45) is 0 Å². The summed E-state index contributed by atoms with van der Waals surface area (Å²) in [7, 11) is 0. The normalized spacial score (nSPS) is 9.21. The molecule has 0 saturated heterocycles. The molecular weight excluding hydrogens is 200 g/mol. The van der Waals surface area contributed by atoms with E-state index in [-0.39, 0.29) is 11.7 Å². The summed E-state index contributed by atoms with van der Waals surface area (Å²) in [4.78, 5) is 10.9. The maximum Gasteiger partial charge on any atom is 0.235 e. The van der Waals surface area contributed by atoms with Crippen molar-refractivity contribution in [1.82, 2.24) is 10.9 Å². The maximum absolute atomic E-state index is 10.6. The first-order valence-electron chi connectivity index (χ1n) is 3.95. The summed E-state index contributed by atoms with van der Waals surface area (Å²) in [5.74, 6) is -0.0954. The van der Waals surface area contributed by atoms with Crippen LogP contribution in [0.5, 0.6) is 5.75 Å². The molecule has 0 radical (unpaired) electrons. The van der Waals surface area contributed by atoms with Gasteiger partial charge in [-0.2, -0.15) is 0 Å². The molecule has 0 aliphatic carbocycles. The Kier molecular flexibility index (Phi) is 3.41. The van der Waals surface area contributed by atoms with Gasteiger partial charge in [0, 0.05) is 12.5 Å². The molecule has 1 amide bonds. The van der Waals surface area contributed by atoms with E-state index < -0.39 is 0 Å². The van der Waals surface area contributed by atoms with E-state index in [9.17, 15) is 4.79 Å². The number of nitrogens with one attached hydrogen (secondary N) is 2. The Balaban J connectivity index is 2.65. The topological polar surface area (TPSA) is 61.4 Å². The minimum atomic E-state index is -0.229. The fourth-order valence-electron chi connectivity index (χ4n) is 0.864. The second kappa shape index (κ2) is 4.57. The Morgan fingerprint density at radius 1 is 1.43 bits per heavy atom. The van der Waals surface area contributed by atoms with Gasteiger partial charge in [0.2, 0.25) is 5.91 Å². The van der Waals surface area contributed by atoms with Crippen molar-refractivity contribution in [2.45, 2.75) is 6.92 Å². The second-order valence-electron chi connectivity index (χ2n) is 2.69. The molecule has 14 heavy (non-hydrogen) atoms. The van der Waals surface area contributed by atoms with E-state index >= 15 is 0 Å². The molecule has 3 N–H and O–H groups in total. The van der Waals surface area contributed by atoms with Crippen LogP contribution in [0.25, 0.3) is 0 Å². The Morgan fingerprint density at radius 3 is 2.71 bits per heavy atom. The van der Waals surface area contributed by atoms with Gasteiger partial charge in [-0.1, -0.05) is 24.4 Å². The van der Waals surface area contributed by atoms with E-state index in [2.05, 4.69) is 10.9 Å². The van der Waals surface area contributed by atoms with Crippen LogP contribution in [0.15, 0.2) is 24.3 Å². The van der Waals surface area contributed by atoms with Crippen molar-refractivity contribution in [2.75, 3.05) is 0 Å². The molecule has 74 valence electrons. The molecule has 0 aliphatic rings. The Labute approximate surface area is 86.9 Å². The van der Waals surface area contributed by atoms with Gasteiger partial charge in [0.05, 0.1) is 0 Å². The maximum atomic E-state index is 10.6. The predicted molar refractivity (Wildman–Crippen MR) is 56.8 cm³/mol. The molecule has 0 atom stereocenters. The van der Waals surface area contributed by atoms with Crippen molar-refractivity contribution in [3.05, 3.63) is 29.8 Å². The number of aromatic hydroxyl groups is 1. The van der Waals surface area contributed by atoms with Gasteiger partial charge >= 0.3 is 0 Å². The van der Waals surface area contributed by atoms with Gasteiger partial charge in [-0.05, 0) is 12.1 Å². The first kappa shape index (κ1) is 10.5. The van der Waals surface area contributed by atoms with Crippen molar-refractivity contribution < 1.29 is 9.90 Å². The lowest BCUT2D eigenvalue weighted by atomic mass is 10.2. The van der Waals surface area contributed by atoms with E-state index in [1.807, 2.05) is 0 Å². The van der Waals surface area contributed by atoms with Crippen LogP contribution in [0.3, 0.4) is 0 Å². The fraction of sp³-hybridized carbons (Fsp3) is 0.111. The summed E-state index contributed by atoms with van der Waals surface area (Å²) in [5, 5.41) is 9.16. The highest BCUT2D eigenvalue weighted by molar-refractivity contribution is 7.80. The van der Waals surface area contributed by atoms with Crippen LogP contribution in [0.2, 0.25) is 0 Å². The largest absolute Gasteiger partial charge is 0.508 e. The third-order valence-electron chi connectivity index (χ3n) is 1.46. The van der Waals surface area contributed by atoms with E-state index in [4.69, 9.17) is 17.3 Å². The molecule has 1 rings (SSSR count). The highest BCUT2D eigenvalue weighted by Gasteiger charge is 2.01. The number of phenols is 1. The lowest BCUT2D eigenvalue weighted by molar-refractivity contribution is -0.119. The molecule has 0 spiro atoms. The molecule has 5 heteroatoms. The standard InChI is InChI=1S/C9H10N2O2S/c1-6(12)10-11-9(14)7-3-2-4-8(13)5-7/h2-5,13H,1H3,(H,10,12)(H,11,14). The zero-order valence-electron chi connectivity index (χ0n) is 7.57. The fourth-order valence-corrected chi connectivity index (χ4v) is 1.04. The lowest BCUT2D eigenvalue weighted by Crippen LogP contribution is -2.39. The van der Waals surface area contributed by atoms with Crippen molar-refractivity contribution in [3.63, 3.8) is 0 Å². The summed E-state index contributed by atoms with van der Waals surface area (Å²) in [6.45, 7) is 1.37. The molecule has 0 unspecified atom stereocenters. The first-order valence-corrected chi connectivity index (χ1v) is 4.36. The molecule has 0 heterocycles. The second-order valence-corrected chi connectivity index (χ2v) is 3.09. The quantitative estimate of drug-likeness (QED) is 0.472. The average molecular weight is 210 g/mol. The number of amides is 1. The first-order chi connectivity index (χ1) is 6.59. The summed E-state index contributed by atoms with van der Waals surface area (Å²) < 4.78 is 0. The number of rotatable bonds is 1. The monoisotopic (exact) mass is 210 g/mol. The van der Waals surface area contributed by atoms with Crippen LogP contribution in [0, 0.1) is 0 Å². The van der Waals surface area contributed by atoms with Gasteiger partial charge in [-0.25, -0.2) is 0 Å². The van der Waals surface area contributed by atoms with Crippen LogP contribution in [0.1, 0.15) is 12.5 Å². The van der Waals surface area contributed by atoms with Crippen LogP contribution in [-0.2, 0) is 4.79 Å². The lowest BCUT2D eigenvalue weighted by Gasteiger charge is -2.07. The van der Waals surface area contributed by atoms with Crippen molar-refractivity contribution >= 4 is 23.1 Å². The van der Waals surface area contributed by atoms with Gasteiger partial charge in [-0.3, -0.25) is 15.6 Å². The SMILES string of the molecule is CC(=O)NNC(=S)c1cccc(O)c1. The minimum Gasteiger partial charge on any atom is -0.508 e. The molecule has 0 aromatic heterocycles. The zero-order chi connectivity index (χ0) is 10.6. The van der Waals surface area contributed by atoms with Crippen LogP contribution < -0.4 is 10.9 Å². The highest BCUT2D eigenvalue weighted by Crippen LogP contribution is 2.10. The minimum absolute atomic E-state index is 0.134. The van der Waals surface area contributed by atoms with Gasteiger partial charge in [-0.15, -0.1) is 0 Å². The number of carbonyl (C=O) groups excluding carboxylic acids is 1. The number of hydrogen-bond acceptors (Lipinski definition) is 3. The Morgan fingerprint density at radius 2 is 2.14 bits per heavy atom. The molecule has 1 aromatic rings. The molecule has 0 aliphatic heterocycles. The number of phenolic OH excluding ortho intramolecular Hbond substituents is 1. The molecule has 4 nitrogen and oxygen atoms in total. The number of hydrogen-bond donors (Lipinski definition) is 3. The predicted octanol–water partition coefficient (Wildman–Crippen LogP) is 0.708. The molecule has 1 aromatic carbocycles. The van der Waals surface area contributed by atoms with Crippen molar-refractivity contribution in [1.29, 1.82) is 0 Å². The van der Waals surface area contributed by atoms with E-state index in [1.165, 1.54) is 13.0 Å². The Hall–Kier alpha value is -1.62. The molecule has 0 fully saturated rings. The third-order valence-corrected chi connectivity index (χ3v) is 1.80. The van der Waals surface area contributed by atoms with Gasteiger partial charge < -0.3 is 5.11 Å². The average Bonchev–Trinajstić information content (AvgIpc) is 2.14. The van der Waals surface area contributed by atoms with Crippen LogP contribution in [-0.4, -0.2) is 16.0 Å². The zero-order valence-corrected chi connectivity index (χ0v) is 8.39. The van der Waals surface area contributed by atoms with Gasteiger partial charge in [0.15, 0.2) is 0 Å². The summed E-state index contributed by atoms with van der Waals surface area (Å²) in [5.41, 5.74) is 5.54. The van der Waals surface area contributed by atoms with Gasteiger partial charge in [0.25, 0.3) is 0 Å². The number of carbonyl (C=O) groups is 1. The summed E-state index contributed by atoms with van der Waals surface area (Å²) >= 11 is 4.96. The number of thiocarbonyl (C=S) groups is 1. The van der Waals surface area contributed by atoms with E-state index in [1.54, 1.807) is 18.2 Å². The van der Waals surface area contributed by atoms with E-state index in [0.29, 0.717) is 10.6 Å². The third kappa shape index (κ3) is 3.02. The molecular formula is C9H10N2O2S. The Bertz CT molecular complexity index is 366. The van der Waals surface area contributed by atoms with Crippen LogP contribution in [0.4, 0.5) is 0 Å². The van der Waals surface area contributed by atoms with Crippen molar-refractivity contribution in [3.8, 4) is 5.75 Å². The summed E-state index contributed by atoms with van der Waals surface area (Å²) in [6.07, 6.45) is 0. The number of benzene rings is 1.